The van der Waals surface area contributed by atoms with Crippen LogP contribution in [0.4, 0.5) is 0 Å². The third kappa shape index (κ3) is 3.39. The number of nitrogens with zero attached hydrogens (tertiary/aromatic N) is 1. The molecule has 1 rings (SSSR count). The van der Waals surface area contributed by atoms with Crippen molar-refractivity contribution in [3.05, 3.63) is 29.8 Å². The SMILES string of the molecule is CSc1ccc(C(=O)N(C)C(C)(C)CCl)cc1. The van der Waals surface area contributed by atoms with Crippen LogP contribution in [0.2, 0.25) is 0 Å². The third-order valence-electron chi connectivity index (χ3n) is 2.88. The van der Waals surface area contributed by atoms with Gasteiger partial charge in [-0.1, -0.05) is 0 Å². The minimum atomic E-state index is -0.336. The Morgan fingerprint density at radius 1 is 1.35 bits per heavy atom. The Labute approximate surface area is 112 Å². The van der Waals surface area contributed by atoms with Crippen LogP contribution in [0.5, 0.6) is 0 Å². The first-order valence-electron chi connectivity index (χ1n) is 5.40. The molecule has 0 aliphatic rings. The number of halogens is 1. The van der Waals surface area contributed by atoms with Crippen LogP contribution in [-0.2, 0) is 0 Å². The van der Waals surface area contributed by atoms with Gasteiger partial charge in [-0.15, -0.1) is 23.4 Å². The molecular weight excluding hydrogens is 254 g/mol. The van der Waals surface area contributed by atoms with E-state index in [1.54, 1.807) is 23.7 Å². The van der Waals surface area contributed by atoms with Gasteiger partial charge in [0.1, 0.15) is 0 Å². The standard InChI is InChI=1S/C13H18ClNOS/c1-13(2,9-14)15(3)12(16)10-5-7-11(17-4)8-6-10/h5-8H,9H2,1-4H3. The van der Waals surface area contributed by atoms with Crippen LogP contribution in [0.1, 0.15) is 24.2 Å². The Morgan fingerprint density at radius 3 is 2.29 bits per heavy atom. The van der Waals surface area contributed by atoms with Gasteiger partial charge >= 0.3 is 0 Å². The molecule has 0 radical (unpaired) electrons. The molecule has 0 N–H and O–H groups in total. The van der Waals surface area contributed by atoms with Crippen LogP contribution in [-0.4, -0.2) is 35.5 Å². The fraction of sp³-hybridized carbons (Fsp3) is 0.462. The first-order valence-corrected chi connectivity index (χ1v) is 7.16. The highest BCUT2D eigenvalue weighted by Crippen LogP contribution is 2.19. The first kappa shape index (κ1) is 14.4. The molecule has 0 unspecified atom stereocenters. The molecule has 0 aromatic heterocycles. The molecular formula is C13H18ClNOS. The number of rotatable bonds is 4. The number of carbonyl (C=O) groups is 1. The molecule has 1 aromatic carbocycles. The lowest BCUT2D eigenvalue weighted by Gasteiger charge is -2.34. The monoisotopic (exact) mass is 271 g/mol. The molecule has 0 spiro atoms. The lowest BCUT2D eigenvalue weighted by molar-refractivity contribution is 0.0660. The summed E-state index contributed by atoms with van der Waals surface area (Å²) >= 11 is 7.53. The van der Waals surface area contributed by atoms with Crippen LogP contribution < -0.4 is 0 Å². The van der Waals surface area contributed by atoms with E-state index in [-0.39, 0.29) is 11.4 Å². The molecule has 2 nitrogen and oxygen atoms in total. The largest absolute Gasteiger partial charge is 0.335 e. The average molecular weight is 272 g/mol. The van der Waals surface area contributed by atoms with Crippen molar-refractivity contribution in [2.45, 2.75) is 24.3 Å². The number of alkyl halides is 1. The Kier molecular flexibility index (Phi) is 4.90. The summed E-state index contributed by atoms with van der Waals surface area (Å²) in [4.78, 5) is 15.1. The molecule has 0 bridgehead atoms. The van der Waals surface area contributed by atoms with E-state index in [1.807, 2.05) is 44.4 Å². The van der Waals surface area contributed by atoms with E-state index >= 15 is 0 Å². The first-order chi connectivity index (χ1) is 7.92. The number of benzene rings is 1. The van der Waals surface area contributed by atoms with Gasteiger partial charge in [-0.25, -0.2) is 0 Å². The summed E-state index contributed by atoms with van der Waals surface area (Å²) in [5, 5.41) is 0. The van der Waals surface area contributed by atoms with E-state index in [1.165, 1.54) is 0 Å². The molecule has 1 aromatic rings. The van der Waals surface area contributed by atoms with Crippen molar-refractivity contribution in [3.8, 4) is 0 Å². The summed E-state index contributed by atoms with van der Waals surface area (Å²) in [5.41, 5.74) is 0.361. The maximum absolute atomic E-state index is 12.2. The molecule has 0 saturated heterocycles. The van der Waals surface area contributed by atoms with Gasteiger partial charge in [0.15, 0.2) is 0 Å². The lowest BCUT2D eigenvalue weighted by Crippen LogP contribution is -2.46. The average Bonchev–Trinajstić information content (AvgIpc) is 2.37. The van der Waals surface area contributed by atoms with Crippen molar-refractivity contribution >= 4 is 29.3 Å². The van der Waals surface area contributed by atoms with Crippen molar-refractivity contribution in [2.75, 3.05) is 19.2 Å². The highest BCUT2D eigenvalue weighted by molar-refractivity contribution is 7.98. The topological polar surface area (TPSA) is 20.3 Å². The number of hydrogen-bond acceptors (Lipinski definition) is 2. The Hall–Kier alpha value is -0.670. The Bertz CT molecular complexity index is 389. The highest BCUT2D eigenvalue weighted by Gasteiger charge is 2.27. The van der Waals surface area contributed by atoms with Crippen LogP contribution in [0.15, 0.2) is 29.2 Å². The van der Waals surface area contributed by atoms with Crippen molar-refractivity contribution in [2.24, 2.45) is 0 Å². The minimum absolute atomic E-state index is 0.00306. The predicted molar refractivity (Wildman–Crippen MR) is 75.1 cm³/mol. The highest BCUT2D eigenvalue weighted by atomic mass is 35.5. The summed E-state index contributed by atoms with van der Waals surface area (Å²) in [6.45, 7) is 3.91. The molecule has 0 aliphatic heterocycles. The normalized spacial score (nSPS) is 11.4. The molecule has 4 heteroatoms. The lowest BCUT2D eigenvalue weighted by atomic mass is 10.0. The second-order valence-electron chi connectivity index (χ2n) is 4.54. The van der Waals surface area contributed by atoms with Gasteiger partial charge < -0.3 is 4.90 Å². The molecule has 0 aliphatic carbocycles. The fourth-order valence-electron chi connectivity index (χ4n) is 1.29. The molecule has 94 valence electrons. The van der Waals surface area contributed by atoms with E-state index in [0.29, 0.717) is 11.4 Å². The summed E-state index contributed by atoms with van der Waals surface area (Å²) < 4.78 is 0. The summed E-state index contributed by atoms with van der Waals surface area (Å²) in [6.07, 6.45) is 2.01. The smallest absolute Gasteiger partial charge is 0.254 e. The second-order valence-corrected chi connectivity index (χ2v) is 5.69. The number of amides is 1. The van der Waals surface area contributed by atoms with Gasteiger partial charge in [0.2, 0.25) is 0 Å². The van der Waals surface area contributed by atoms with Crippen molar-refractivity contribution in [1.82, 2.24) is 4.90 Å². The van der Waals surface area contributed by atoms with Gasteiger partial charge in [0.25, 0.3) is 5.91 Å². The molecule has 0 heterocycles. The van der Waals surface area contributed by atoms with E-state index in [2.05, 4.69) is 0 Å². The molecule has 0 atom stereocenters. The third-order valence-corrected chi connectivity index (χ3v) is 4.27. The van der Waals surface area contributed by atoms with Gasteiger partial charge in [0.05, 0.1) is 5.54 Å². The zero-order valence-electron chi connectivity index (χ0n) is 10.7. The number of hydrogen-bond donors (Lipinski definition) is 0. The quantitative estimate of drug-likeness (QED) is 0.617. The number of thioether (sulfide) groups is 1. The molecule has 0 saturated carbocycles. The van der Waals surface area contributed by atoms with Crippen LogP contribution in [0.25, 0.3) is 0 Å². The summed E-state index contributed by atoms with van der Waals surface area (Å²) in [6, 6.07) is 7.63. The summed E-state index contributed by atoms with van der Waals surface area (Å²) in [5.74, 6) is 0.418. The molecule has 17 heavy (non-hydrogen) atoms. The van der Waals surface area contributed by atoms with Crippen LogP contribution in [0.3, 0.4) is 0 Å². The maximum Gasteiger partial charge on any atom is 0.254 e. The van der Waals surface area contributed by atoms with E-state index in [0.717, 1.165) is 4.90 Å². The van der Waals surface area contributed by atoms with Gasteiger partial charge in [-0.3, -0.25) is 4.79 Å². The van der Waals surface area contributed by atoms with E-state index in [4.69, 9.17) is 11.6 Å². The number of carbonyl (C=O) groups excluding carboxylic acids is 1. The van der Waals surface area contributed by atoms with Crippen molar-refractivity contribution < 1.29 is 4.79 Å². The van der Waals surface area contributed by atoms with Crippen molar-refractivity contribution in [3.63, 3.8) is 0 Å². The predicted octanol–water partition coefficient (Wildman–Crippen LogP) is 3.50. The zero-order valence-corrected chi connectivity index (χ0v) is 12.2. The van der Waals surface area contributed by atoms with Gasteiger partial charge in [0, 0.05) is 23.4 Å². The molecule has 1 amide bonds. The second kappa shape index (κ2) is 5.78. The van der Waals surface area contributed by atoms with Crippen molar-refractivity contribution in [1.29, 1.82) is 0 Å². The van der Waals surface area contributed by atoms with Crippen LogP contribution in [0, 0.1) is 0 Å². The Morgan fingerprint density at radius 2 is 1.88 bits per heavy atom. The van der Waals surface area contributed by atoms with E-state index < -0.39 is 0 Å². The van der Waals surface area contributed by atoms with E-state index in [9.17, 15) is 4.79 Å². The van der Waals surface area contributed by atoms with Gasteiger partial charge in [-0.2, -0.15) is 0 Å². The fourth-order valence-corrected chi connectivity index (χ4v) is 1.88. The van der Waals surface area contributed by atoms with Gasteiger partial charge in [-0.05, 0) is 44.4 Å². The minimum Gasteiger partial charge on any atom is -0.335 e. The van der Waals surface area contributed by atoms with Crippen LogP contribution >= 0.6 is 23.4 Å². The Balaban J connectivity index is 2.89. The summed E-state index contributed by atoms with van der Waals surface area (Å²) in [7, 11) is 1.78. The molecule has 0 fully saturated rings. The zero-order chi connectivity index (χ0) is 13.1. The maximum atomic E-state index is 12.2.